The molecule has 0 aromatic heterocycles. The molecule has 29 heavy (non-hydrogen) atoms. The lowest BCUT2D eigenvalue weighted by Gasteiger charge is -2.35. The predicted octanol–water partition coefficient (Wildman–Crippen LogP) is 4.25. The van der Waals surface area contributed by atoms with Gasteiger partial charge in [-0.3, -0.25) is 14.9 Å². The second kappa shape index (κ2) is 10.8. The van der Waals surface area contributed by atoms with Crippen molar-refractivity contribution in [1.29, 1.82) is 0 Å². The summed E-state index contributed by atoms with van der Waals surface area (Å²) in [6.45, 7) is 3.56. The molecule has 0 heterocycles. The van der Waals surface area contributed by atoms with E-state index in [2.05, 4.69) is 47.0 Å². The first kappa shape index (κ1) is 21.1. The quantitative estimate of drug-likeness (QED) is 0.559. The molecule has 1 atom stereocenters. The molecule has 1 unspecified atom stereocenters. The zero-order valence-electron chi connectivity index (χ0n) is 17.0. The number of carbonyl (C=O) groups excluding carboxylic acids is 2. The van der Waals surface area contributed by atoms with E-state index in [1.165, 1.54) is 24.0 Å². The molecule has 5 heteroatoms. The van der Waals surface area contributed by atoms with Crippen LogP contribution < -0.4 is 10.6 Å². The third kappa shape index (κ3) is 6.71. The van der Waals surface area contributed by atoms with E-state index in [1.807, 2.05) is 25.1 Å². The van der Waals surface area contributed by atoms with E-state index in [-0.39, 0.29) is 11.9 Å². The van der Waals surface area contributed by atoms with Gasteiger partial charge in [0.25, 0.3) is 0 Å². The Morgan fingerprint density at radius 1 is 1.14 bits per heavy atom. The van der Waals surface area contributed by atoms with E-state index in [0.29, 0.717) is 37.7 Å². The lowest BCUT2D eigenvalue weighted by Crippen LogP contribution is -2.26. The van der Waals surface area contributed by atoms with E-state index in [4.69, 9.17) is 4.74 Å². The summed E-state index contributed by atoms with van der Waals surface area (Å²) < 4.78 is 5.87. The van der Waals surface area contributed by atoms with Gasteiger partial charge in [0.2, 0.25) is 12.3 Å². The average Bonchev–Trinajstić information content (AvgIpc) is 2.70. The molecule has 1 aliphatic rings. The summed E-state index contributed by atoms with van der Waals surface area (Å²) in [5.41, 5.74) is 3.66. The highest BCUT2D eigenvalue weighted by atomic mass is 16.5. The van der Waals surface area contributed by atoms with Crippen LogP contribution >= 0.6 is 0 Å². The van der Waals surface area contributed by atoms with E-state index in [9.17, 15) is 9.59 Å². The lowest BCUT2D eigenvalue weighted by atomic mass is 9.72. The van der Waals surface area contributed by atoms with E-state index in [1.54, 1.807) is 0 Å². The van der Waals surface area contributed by atoms with Gasteiger partial charge in [-0.25, -0.2) is 0 Å². The SMILES string of the molecule is CC(CCC(=O)NC=O)Nc1ccc(C2CC(COCc3ccccc3)C2)cc1. The van der Waals surface area contributed by atoms with Crippen LogP contribution in [-0.4, -0.2) is 25.0 Å². The van der Waals surface area contributed by atoms with Gasteiger partial charge in [-0.15, -0.1) is 0 Å². The number of amides is 2. The second-order valence-electron chi connectivity index (χ2n) is 7.93. The smallest absolute Gasteiger partial charge is 0.226 e. The number of hydrogen-bond donors (Lipinski definition) is 2. The van der Waals surface area contributed by atoms with Crippen LogP contribution in [0.2, 0.25) is 0 Å². The maximum Gasteiger partial charge on any atom is 0.226 e. The predicted molar refractivity (Wildman–Crippen MR) is 115 cm³/mol. The Morgan fingerprint density at radius 3 is 2.55 bits per heavy atom. The molecule has 5 nitrogen and oxygen atoms in total. The number of benzene rings is 2. The van der Waals surface area contributed by atoms with Crippen LogP contribution in [-0.2, 0) is 20.9 Å². The highest BCUT2D eigenvalue weighted by molar-refractivity contribution is 5.85. The molecule has 2 aromatic carbocycles. The number of nitrogens with one attached hydrogen (secondary N) is 2. The van der Waals surface area contributed by atoms with Gasteiger partial charge in [0.05, 0.1) is 6.61 Å². The van der Waals surface area contributed by atoms with Gasteiger partial charge in [0.1, 0.15) is 0 Å². The van der Waals surface area contributed by atoms with Gasteiger partial charge in [-0.05, 0) is 61.3 Å². The molecule has 0 bridgehead atoms. The number of anilines is 1. The minimum atomic E-state index is -0.240. The number of carbonyl (C=O) groups is 2. The summed E-state index contributed by atoms with van der Waals surface area (Å²) in [6, 6.07) is 19.1. The maximum absolute atomic E-state index is 11.3. The number of hydrogen-bond acceptors (Lipinski definition) is 4. The molecular formula is C24H30N2O3. The number of rotatable bonds is 11. The Kier molecular flexibility index (Phi) is 7.82. The fourth-order valence-corrected chi connectivity index (χ4v) is 3.76. The van der Waals surface area contributed by atoms with Gasteiger partial charge in [0, 0.05) is 24.8 Å². The van der Waals surface area contributed by atoms with Crippen molar-refractivity contribution >= 4 is 18.0 Å². The molecule has 0 aliphatic heterocycles. The van der Waals surface area contributed by atoms with Crippen LogP contribution in [0.3, 0.4) is 0 Å². The fourth-order valence-electron chi connectivity index (χ4n) is 3.76. The van der Waals surface area contributed by atoms with Gasteiger partial charge >= 0.3 is 0 Å². The fraction of sp³-hybridized carbons (Fsp3) is 0.417. The van der Waals surface area contributed by atoms with Crippen LogP contribution in [0.4, 0.5) is 5.69 Å². The highest BCUT2D eigenvalue weighted by Crippen LogP contribution is 2.42. The largest absolute Gasteiger partial charge is 0.383 e. The third-order valence-electron chi connectivity index (χ3n) is 5.52. The summed E-state index contributed by atoms with van der Waals surface area (Å²) in [6.07, 6.45) is 3.81. The van der Waals surface area contributed by atoms with Crippen molar-refractivity contribution in [2.45, 2.75) is 51.2 Å². The Bertz CT molecular complexity index is 770. The normalized spacial score (nSPS) is 19.1. The molecule has 1 aliphatic carbocycles. The van der Waals surface area contributed by atoms with Crippen molar-refractivity contribution in [2.24, 2.45) is 5.92 Å². The molecule has 0 saturated heterocycles. The summed E-state index contributed by atoms with van der Waals surface area (Å²) in [5, 5.41) is 5.57. The zero-order valence-corrected chi connectivity index (χ0v) is 17.0. The van der Waals surface area contributed by atoms with Crippen molar-refractivity contribution in [2.75, 3.05) is 11.9 Å². The standard InChI is InChI=1S/C24H30N2O3/c1-18(7-12-24(28)25-17-27)26-23-10-8-21(9-11-23)22-13-20(14-22)16-29-15-19-5-3-2-4-6-19/h2-6,8-11,17-18,20,22,26H,7,12-16H2,1H3,(H,25,27,28). The van der Waals surface area contributed by atoms with Crippen LogP contribution in [0, 0.1) is 5.92 Å². The van der Waals surface area contributed by atoms with E-state index < -0.39 is 0 Å². The summed E-state index contributed by atoms with van der Waals surface area (Å²) >= 11 is 0. The van der Waals surface area contributed by atoms with Crippen LogP contribution in [0.5, 0.6) is 0 Å². The lowest BCUT2D eigenvalue weighted by molar-refractivity contribution is -0.125. The van der Waals surface area contributed by atoms with Crippen LogP contribution in [0.25, 0.3) is 0 Å². The summed E-state index contributed by atoms with van der Waals surface area (Å²) in [4.78, 5) is 21.6. The molecule has 2 N–H and O–H groups in total. The number of ether oxygens (including phenoxy) is 1. The van der Waals surface area contributed by atoms with Gasteiger partial charge in [0.15, 0.2) is 0 Å². The first-order valence-electron chi connectivity index (χ1n) is 10.3. The van der Waals surface area contributed by atoms with Crippen LogP contribution in [0.1, 0.15) is 49.7 Å². The molecule has 0 spiro atoms. The number of imide groups is 1. The van der Waals surface area contributed by atoms with Crippen molar-refractivity contribution < 1.29 is 14.3 Å². The minimum absolute atomic E-state index is 0.160. The molecule has 154 valence electrons. The first-order valence-corrected chi connectivity index (χ1v) is 10.3. The maximum atomic E-state index is 11.3. The first-order chi connectivity index (χ1) is 14.1. The highest BCUT2D eigenvalue weighted by Gasteiger charge is 2.30. The molecule has 3 rings (SSSR count). The van der Waals surface area contributed by atoms with Crippen molar-refractivity contribution in [1.82, 2.24) is 5.32 Å². The second-order valence-corrected chi connectivity index (χ2v) is 7.93. The molecule has 0 radical (unpaired) electrons. The van der Waals surface area contributed by atoms with Crippen molar-refractivity contribution in [3.8, 4) is 0 Å². The third-order valence-corrected chi connectivity index (χ3v) is 5.52. The average molecular weight is 395 g/mol. The molecule has 1 fully saturated rings. The molecule has 2 amide bonds. The Balaban J connectivity index is 1.34. The van der Waals surface area contributed by atoms with Crippen LogP contribution in [0.15, 0.2) is 54.6 Å². The molecule has 1 saturated carbocycles. The molecular weight excluding hydrogens is 364 g/mol. The Labute approximate surface area is 172 Å². The summed E-state index contributed by atoms with van der Waals surface area (Å²) in [7, 11) is 0. The zero-order chi connectivity index (χ0) is 20.5. The van der Waals surface area contributed by atoms with Crippen molar-refractivity contribution in [3.05, 3.63) is 65.7 Å². The minimum Gasteiger partial charge on any atom is -0.383 e. The van der Waals surface area contributed by atoms with E-state index >= 15 is 0 Å². The summed E-state index contributed by atoms with van der Waals surface area (Å²) in [5.74, 6) is 1.04. The Hall–Kier alpha value is -2.66. The molecule has 2 aromatic rings. The van der Waals surface area contributed by atoms with Gasteiger partial charge in [-0.1, -0.05) is 42.5 Å². The van der Waals surface area contributed by atoms with Gasteiger partial charge in [-0.2, -0.15) is 0 Å². The topological polar surface area (TPSA) is 67.4 Å². The Morgan fingerprint density at radius 2 is 1.86 bits per heavy atom. The van der Waals surface area contributed by atoms with E-state index in [0.717, 1.165) is 12.3 Å². The monoisotopic (exact) mass is 394 g/mol. The van der Waals surface area contributed by atoms with Crippen molar-refractivity contribution in [3.63, 3.8) is 0 Å². The van der Waals surface area contributed by atoms with Gasteiger partial charge < -0.3 is 10.1 Å².